The minimum absolute atomic E-state index is 0.162. The maximum absolute atomic E-state index is 11.4. The van der Waals surface area contributed by atoms with E-state index in [0.717, 1.165) is 11.1 Å². The van der Waals surface area contributed by atoms with E-state index in [4.69, 9.17) is 5.73 Å². The number of hydrogen-bond donors (Lipinski definition) is 2. The molecular weight excluding hydrogens is 208 g/mol. The standard InChI is InChI=1S/C11H12N2OS/c1-7(12)11(14)13-9-2-3-10-8(6-9)4-5-15-10/h2-7H,12H2,1H3,(H,13,14)/t7-/m0/s1. The number of hydrogen-bond acceptors (Lipinski definition) is 3. The van der Waals surface area contributed by atoms with Crippen LogP contribution in [0.5, 0.6) is 0 Å². The molecule has 1 aromatic heterocycles. The van der Waals surface area contributed by atoms with E-state index in [1.807, 2.05) is 29.6 Å². The lowest BCUT2D eigenvalue weighted by Crippen LogP contribution is -2.32. The molecule has 0 bridgehead atoms. The van der Waals surface area contributed by atoms with Crippen molar-refractivity contribution in [3.05, 3.63) is 29.6 Å². The van der Waals surface area contributed by atoms with Gasteiger partial charge in [-0.15, -0.1) is 11.3 Å². The lowest BCUT2D eigenvalue weighted by atomic mass is 10.2. The average Bonchev–Trinajstić information content (AvgIpc) is 2.64. The molecule has 0 aliphatic rings. The maximum Gasteiger partial charge on any atom is 0.240 e. The highest BCUT2D eigenvalue weighted by atomic mass is 32.1. The number of rotatable bonds is 2. The van der Waals surface area contributed by atoms with Crippen LogP contribution in [0.15, 0.2) is 29.6 Å². The van der Waals surface area contributed by atoms with Crippen LogP contribution in [-0.2, 0) is 4.79 Å². The molecule has 2 rings (SSSR count). The lowest BCUT2D eigenvalue weighted by Gasteiger charge is -2.07. The van der Waals surface area contributed by atoms with Crippen molar-refractivity contribution in [1.29, 1.82) is 0 Å². The van der Waals surface area contributed by atoms with E-state index in [-0.39, 0.29) is 5.91 Å². The molecule has 0 saturated carbocycles. The molecule has 1 amide bonds. The quantitative estimate of drug-likeness (QED) is 0.815. The highest BCUT2D eigenvalue weighted by molar-refractivity contribution is 7.17. The van der Waals surface area contributed by atoms with Gasteiger partial charge in [-0.05, 0) is 42.0 Å². The van der Waals surface area contributed by atoms with Gasteiger partial charge in [-0.2, -0.15) is 0 Å². The van der Waals surface area contributed by atoms with Gasteiger partial charge in [-0.3, -0.25) is 4.79 Å². The monoisotopic (exact) mass is 220 g/mol. The molecule has 15 heavy (non-hydrogen) atoms. The van der Waals surface area contributed by atoms with Gasteiger partial charge in [0.15, 0.2) is 0 Å². The van der Waals surface area contributed by atoms with Gasteiger partial charge < -0.3 is 11.1 Å². The number of nitrogens with one attached hydrogen (secondary N) is 1. The Morgan fingerprint density at radius 1 is 1.47 bits per heavy atom. The first-order valence-electron chi connectivity index (χ1n) is 4.70. The smallest absolute Gasteiger partial charge is 0.240 e. The van der Waals surface area contributed by atoms with E-state index >= 15 is 0 Å². The van der Waals surface area contributed by atoms with Gasteiger partial charge in [0.25, 0.3) is 0 Å². The summed E-state index contributed by atoms with van der Waals surface area (Å²) in [6, 6.07) is 7.38. The summed E-state index contributed by atoms with van der Waals surface area (Å²) in [4.78, 5) is 11.4. The Kier molecular flexibility index (Phi) is 2.70. The van der Waals surface area contributed by atoms with Crippen LogP contribution in [0.1, 0.15) is 6.92 Å². The summed E-state index contributed by atoms with van der Waals surface area (Å²) in [5.41, 5.74) is 6.26. The zero-order valence-electron chi connectivity index (χ0n) is 8.36. The summed E-state index contributed by atoms with van der Waals surface area (Å²) in [5.74, 6) is -0.162. The highest BCUT2D eigenvalue weighted by Gasteiger charge is 2.07. The SMILES string of the molecule is C[C@H](N)C(=O)Nc1ccc2sccc2c1. The molecule has 1 atom stereocenters. The Hall–Kier alpha value is -1.39. The van der Waals surface area contributed by atoms with Crippen molar-refractivity contribution < 1.29 is 4.79 Å². The van der Waals surface area contributed by atoms with E-state index in [0.29, 0.717) is 0 Å². The first-order chi connectivity index (χ1) is 7.16. The second-order valence-electron chi connectivity index (χ2n) is 3.45. The number of nitrogens with two attached hydrogens (primary N) is 1. The van der Waals surface area contributed by atoms with Crippen molar-refractivity contribution in [2.24, 2.45) is 5.73 Å². The molecule has 0 fully saturated rings. The Bertz CT molecular complexity index is 490. The highest BCUT2D eigenvalue weighted by Crippen LogP contribution is 2.23. The minimum Gasteiger partial charge on any atom is -0.325 e. The Labute approximate surface area is 91.9 Å². The van der Waals surface area contributed by atoms with Crippen molar-refractivity contribution >= 4 is 33.0 Å². The number of fused-ring (bicyclic) bond motifs is 1. The summed E-state index contributed by atoms with van der Waals surface area (Å²) in [6.07, 6.45) is 0. The predicted octanol–water partition coefficient (Wildman–Crippen LogP) is 2.19. The number of carbonyl (C=O) groups excluding carboxylic acids is 1. The van der Waals surface area contributed by atoms with Crippen molar-refractivity contribution in [2.45, 2.75) is 13.0 Å². The van der Waals surface area contributed by atoms with Crippen LogP contribution in [0.2, 0.25) is 0 Å². The zero-order valence-corrected chi connectivity index (χ0v) is 9.17. The summed E-state index contributed by atoms with van der Waals surface area (Å²) in [7, 11) is 0. The van der Waals surface area contributed by atoms with Crippen molar-refractivity contribution in [3.63, 3.8) is 0 Å². The lowest BCUT2D eigenvalue weighted by molar-refractivity contribution is -0.117. The molecule has 78 valence electrons. The summed E-state index contributed by atoms with van der Waals surface area (Å²) >= 11 is 1.68. The first-order valence-corrected chi connectivity index (χ1v) is 5.58. The van der Waals surface area contributed by atoms with E-state index in [1.54, 1.807) is 18.3 Å². The van der Waals surface area contributed by atoms with E-state index < -0.39 is 6.04 Å². The van der Waals surface area contributed by atoms with Crippen molar-refractivity contribution in [2.75, 3.05) is 5.32 Å². The molecule has 2 aromatic rings. The number of anilines is 1. The first kappa shape index (κ1) is 10.1. The number of carbonyl (C=O) groups is 1. The van der Waals surface area contributed by atoms with Gasteiger partial charge in [-0.1, -0.05) is 0 Å². The Morgan fingerprint density at radius 3 is 3.00 bits per heavy atom. The van der Waals surface area contributed by atoms with E-state index in [1.165, 1.54) is 4.70 Å². The number of amides is 1. The fourth-order valence-corrected chi connectivity index (χ4v) is 2.07. The topological polar surface area (TPSA) is 55.1 Å². The largest absolute Gasteiger partial charge is 0.325 e. The number of benzene rings is 1. The fraction of sp³-hybridized carbons (Fsp3) is 0.182. The molecule has 4 heteroatoms. The Morgan fingerprint density at radius 2 is 2.27 bits per heavy atom. The van der Waals surface area contributed by atoms with Crippen LogP contribution in [0.25, 0.3) is 10.1 Å². The van der Waals surface area contributed by atoms with Gasteiger partial charge in [0.05, 0.1) is 6.04 Å². The van der Waals surface area contributed by atoms with Crippen LogP contribution in [0.3, 0.4) is 0 Å². The fourth-order valence-electron chi connectivity index (χ4n) is 1.30. The summed E-state index contributed by atoms with van der Waals surface area (Å²) in [6.45, 7) is 1.67. The average molecular weight is 220 g/mol. The van der Waals surface area contributed by atoms with Gasteiger partial charge >= 0.3 is 0 Å². The van der Waals surface area contributed by atoms with Crippen molar-refractivity contribution in [1.82, 2.24) is 0 Å². The van der Waals surface area contributed by atoms with Crippen LogP contribution >= 0.6 is 11.3 Å². The molecule has 0 spiro atoms. The molecule has 0 radical (unpaired) electrons. The predicted molar refractivity (Wildman–Crippen MR) is 64.1 cm³/mol. The van der Waals surface area contributed by atoms with Crippen LogP contribution < -0.4 is 11.1 Å². The molecular formula is C11H12N2OS. The van der Waals surface area contributed by atoms with Gasteiger partial charge in [0.2, 0.25) is 5.91 Å². The molecule has 3 nitrogen and oxygen atoms in total. The van der Waals surface area contributed by atoms with Crippen molar-refractivity contribution in [3.8, 4) is 0 Å². The molecule has 1 aromatic carbocycles. The van der Waals surface area contributed by atoms with Gasteiger partial charge in [0, 0.05) is 10.4 Å². The third-order valence-corrected chi connectivity index (χ3v) is 3.03. The molecule has 3 N–H and O–H groups in total. The van der Waals surface area contributed by atoms with Crippen LogP contribution in [0.4, 0.5) is 5.69 Å². The van der Waals surface area contributed by atoms with Gasteiger partial charge in [0.1, 0.15) is 0 Å². The Balaban J connectivity index is 2.25. The number of thiophene rings is 1. The second-order valence-corrected chi connectivity index (χ2v) is 4.40. The maximum atomic E-state index is 11.4. The molecule has 1 heterocycles. The molecule has 0 saturated heterocycles. The zero-order chi connectivity index (χ0) is 10.8. The summed E-state index contributed by atoms with van der Waals surface area (Å²) < 4.78 is 1.22. The molecule has 0 aliphatic heterocycles. The molecule has 0 aliphatic carbocycles. The van der Waals surface area contributed by atoms with E-state index in [9.17, 15) is 4.79 Å². The van der Waals surface area contributed by atoms with Crippen LogP contribution in [0, 0.1) is 0 Å². The summed E-state index contributed by atoms with van der Waals surface area (Å²) in [5, 5.41) is 5.93. The third-order valence-electron chi connectivity index (χ3n) is 2.13. The molecule has 0 unspecified atom stereocenters. The minimum atomic E-state index is -0.483. The third kappa shape index (κ3) is 2.16. The second kappa shape index (κ2) is 4.00. The van der Waals surface area contributed by atoms with E-state index in [2.05, 4.69) is 5.32 Å². The van der Waals surface area contributed by atoms with Crippen LogP contribution in [-0.4, -0.2) is 11.9 Å². The normalized spacial score (nSPS) is 12.7. The van der Waals surface area contributed by atoms with Gasteiger partial charge in [-0.25, -0.2) is 0 Å².